The standard InChI is InChI=1S/C9H10O9/c10-5(11)3-1-2-4(6(12)13)18-9(3,7(14)15)8(16)17/h3-4H,1-2H2,(H,10,11)(H,12,13)(H,14,15)(H,16,17). The van der Waals surface area contributed by atoms with E-state index in [4.69, 9.17) is 20.4 Å². The number of hydrogen-bond acceptors (Lipinski definition) is 5. The summed E-state index contributed by atoms with van der Waals surface area (Å²) in [5.41, 5.74) is -3.08. The monoisotopic (exact) mass is 262 g/mol. The van der Waals surface area contributed by atoms with E-state index in [2.05, 4.69) is 4.74 Å². The Hall–Kier alpha value is -2.16. The van der Waals surface area contributed by atoms with Gasteiger partial charge in [0.05, 0.1) is 0 Å². The van der Waals surface area contributed by atoms with Gasteiger partial charge in [-0.25, -0.2) is 14.4 Å². The second-order valence-corrected chi connectivity index (χ2v) is 3.76. The van der Waals surface area contributed by atoms with Crippen molar-refractivity contribution in [2.75, 3.05) is 0 Å². The third kappa shape index (κ3) is 1.99. The van der Waals surface area contributed by atoms with Gasteiger partial charge in [0.2, 0.25) is 0 Å². The molecule has 0 aliphatic carbocycles. The van der Waals surface area contributed by atoms with Gasteiger partial charge in [-0.1, -0.05) is 0 Å². The molecular weight excluding hydrogens is 252 g/mol. The average Bonchev–Trinajstić information content (AvgIpc) is 2.26. The Labute approximate surface area is 99.6 Å². The summed E-state index contributed by atoms with van der Waals surface area (Å²) in [6.07, 6.45) is -2.34. The zero-order valence-electron chi connectivity index (χ0n) is 8.90. The van der Waals surface area contributed by atoms with Crippen LogP contribution in [0.5, 0.6) is 0 Å². The normalized spacial score (nSPS) is 26.2. The van der Waals surface area contributed by atoms with Gasteiger partial charge in [0.15, 0.2) is 6.10 Å². The lowest BCUT2D eigenvalue weighted by atomic mass is 9.80. The highest BCUT2D eigenvalue weighted by Gasteiger charge is 2.62. The fourth-order valence-electron chi connectivity index (χ4n) is 1.85. The molecule has 18 heavy (non-hydrogen) atoms. The molecule has 9 nitrogen and oxygen atoms in total. The van der Waals surface area contributed by atoms with E-state index in [9.17, 15) is 19.2 Å². The quantitative estimate of drug-likeness (QED) is 0.459. The lowest BCUT2D eigenvalue weighted by Gasteiger charge is -2.37. The van der Waals surface area contributed by atoms with Crippen LogP contribution in [0.3, 0.4) is 0 Å². The molecule has 1 aliphatic rings. The zero-order valence-corrected chi connectivity index (χ0v) is 8.90. The van der Waals surface area contributed by atoms with Crippen molar-refractivity contribution < 1.29 is 44.3 Å². The van der Waals surface area contributed by atoms with Gasteiger partial charge in [-0.15, -0.1) is 0 Å². The van der Waals surface area contributed by atoms with Crippen molar-refractivity contribution in [1.82, 2.24) is 0 Å². The van der Waals surface area contributed by atoms with Crippen molar-refractivity contribution >= 4 is 23.9 Å². The number of carboxylic acid groups (broad SMARTS) is 4. The average molecular weight is 262 g/mol. The first kappa shape index (κ1) is 13.9. The fraction of sp³-hybridized carbons (Fsp3) is 0.556. The molecule has 0 aromatic heterocycles. The lowest BCUT2D eigenvalue weighted by molar-refractivity contribution is -0.218. The second-order valence-electron chi connectivity index (χ2n) is 3.76. The van der Waals surface area contributed by atoms with Gasteiger partial charge in [0.25, 0.3) is 5.60 Å². The predicted octanol–water partition coefficient (Wildman–Crippen LogP) is -1.14. The minimum atomic E-state index is -3.08. The maximum Gasteiger partial charge on any atom is 0.348 e. The molecule has 0 radical (unpaired) electrons. The van der Waals surface area contributed by atoms with Crippen LogP contribution in [0.1, 0.15) is 12.8 Å². The summed E-state index contributed by atoms with van der Waals surface area (Å²) < 4.78 is 4.55. The molecule has 2 atom stereocenters. The minimum absolute atomic E-state index is 0.269. The number of aliphatic carboxylic acids is 4. The molecule has 0 bridgehead atoms. The molecule has 4 N–H and O–H groups in total. The summed E-state index contributed by atoms with van der Waals surface area (Å²) in [4.78, 5) is 43.7. The third-order valence-electron chi connectivity index (χ3n) is 2.75. The Morgan fingerprint density at radius 3 is 1.72 bits per heavy atom. The first-order valence-corrected chi connectivity index (χ1v) is 4.83. The largest absolute Gasteiger partial charge is 0.481 e. The SMILES string of the molecule is O=C(O)C1CCC(C(=O)O)C(C(=O)O)(C(=O)O)O1. The maximum absolute atomic E-state index is 11.0. The number of rotatable bonds is 4. The van der Waals surface area contributed by atoms with E-state index in [0.717, 1.165) is 0 Å². The van der Waals surface area contributed by atoms with E-state index < -0.39 is 47.9 Å². The molecule has 1 heterocycles. The van der Waals surface area contributed by atoms with Gasteiger partial charge >= 0.3 is 23.9 Å². The highest BCUT2D eigenvalue weighted by Crippen LogP contribution is 2.35. The van der Waals surface area contributed by atoms with Crippen molar-refractivity contribution in [3.8, 4) is 0 Å². The van der Waals surface area contributed by atoms with Crippen LogP contribution in [-0.2, 0) is 23.9 Å². The van der Waals surface area contributed by atoms with Crippen LogP contribution in [0.2, 0.25) is 0 Å². The molecule has 100 valence electrons. The van der Waals surface area contributed by atoms with Crippen LogP contribution < -0.4 is 0 Å². The number of hydrogen-bond donors (Lipinski definition) is 4. The van der Waals surface area contributed by atoms with E-state index >= 15 is 0 Å². The number of carboxylic acids is 4. The molecule has 0 spiro atoms. The molecule has 1 rings (SSSR count). The first-order chi connectivity index (χ1) is 8.23. The summed E-state index contributed by atoms with van der Waals surface area (Å²) >= 11 is 0. The maximum atomic E-state index is 11.0. The van der Waals surface area contributed by atoms with E-state index in [0.29, 0.717) is 0 Å². The third-order valence-corrected chi connectivity index (χ3v) is 2.75. The van der Waals surface area contributed by atoms with Crippen molar-refractivity contribution in [3.05, 3.63) is 0 Å². The molecule has 1 fully saturated rings. The van der Waals surface area contributed by atoms with Gasteiger partial charge in [-0.2, -0.15) is 0 Å². The van der Waals surface area contributed by atoms with Gasteiger partial charge in [0.1, 0.15) is 5.92 Å². The molecule has 0 saturated carbocycles. The van der Waals surface area contributed by atoms with Crippen LogP contribution in [0.4, 0.5) is 0 Å². The van der Waals surface area contributed by atoms with E-state index in [-0.39, 0.29) is 6.42 Å². The van der Waals surface area contributed by atoms with Gasteiger partial charge in [-0.05, 0) is 12.8 Å². The predicted molar refractivity (Wildman–Crippen MR) is 50.9 cm³/mol. The second kappa shape index (κ2) is 4.61. The Morgan fingerprint density at radius 2 is 1.39 bits per heavy atom. The van der Waals surface area contributed by atoms with Crippen LogP contribution in [0.25, 0.3) is 0 Å². The Bertz CT molecular complexity index is 398. The van der Waals surface area contributed by atoms with Crippen molar-refractivity contribution in [2.24, 2.45) is 5.92 Å². The smallest absolute Gasteiger partial charge is 0.348 e. The van der Waals surface area contributed by atoms with E-state index in [1.54, 1.807) is 0 Å². The van der Waals surface area contributed by atoms with Gasteiger partial charge in [0, 0.05) is 0 Å². The van der Waals surface area contributed by atoms with Crippen molar-refractivity contribution in [1.29, 1.82) is 0 Å². The Balaban J connectivity index is 3.26. The molecule has 1 aliphatic heterocycles. The van der Waals surface area contributed by atoms with Crippen LogP contribution in [0.15, 0.2) is 0 Å². The van der Waals surface area contributed by atoms with Gasteiger partial charge < -0.3 is 25.2 Å². The molecule has 0 aromatic carbocycles. The molecule has 2 unspecified atom stereocenters. The first-order valence-electron chi connectivity index (χ1n) is 4.83. The zero-order chi connectivity index (χ0) is 14.1. The fourth-order valence-corrected chi connectivity index (χ4v) is 1.85. The van der Waals surface area contributed by atoms with Gasteiger partial charge in [-0.3, -0.25) is 4.79 Å². The highest BCUT2D eigenvalue weighted by atomic mass is 16.6. The van der Waals surface area contributed by atoms with Crippen molar-refractivity contribution in [2.45, 2.75) is 24.5 Å². The Morgan fingerprint density at radius 1 is 0.889 bits per heavy atom. The van der Waals surface area contributed by atoms with Crippen LogP contribution in [0, 0.1) is 5.92 Å². The highest BCUT2D eigenvalue weighted by molar-refractivity contribution is 6.06. The molecule has 1 saturated heterocycles. The van der Waals surface area contributed by atoms with E-state index in [1.165, 1.54) is 0 Å². The summed E-state index contributed by atoms with van der Waals surface area (Å²) in [5, 5.41) is 35.4. The summed E-state index contributed by atoms with van der Waals surface area (Å²) in [6, 6.07) is 0. The van der Waals surface area contributed by atoms with Crippen molar-refractivity contribution in [3.63, 3.8) is 0 Å². The van der Waals surface area contributed by atoms with Crippen LogP contribution in [-0.4, -0.2) is 56.0 Å². The minimum Gasteiger partial charge on any atom is -0.481 e. The topological polar surface area (TPSA) is 158 Å². The van der Waals surface area contributed by atoms with Crippen LogP contribution >= 0.6 is 0 Å². The Kier molecular flexibility index (Phi) is 3.56. The number of ether oxygens (including phenoxy) is 1. The summed E-state index contributed by atoms with van der Waals surface area (Å²) in [6.45, 7) is 0. The molecule has 9 heteroatoms. The lowest BCUT2D eigenvalue weighted by Crippen LogP contribution is -2.62. The molecular formula is C9H10O9. The molecule has 0 aromatic rings. The molecule has 0 amide bonds. The van der Waals surface area contributed by atoms with E-state index in [1.807, 2.05) is 0 Å². The summed E-state index contributed by atoms with van der Waals surface area (Å²) in [7, 11) is 0. The summed E-state index contributed by atoms with van der Waals surface area (Å²) in [5.74, 6) is -9.11. The number of carbonyl (C=O) groups is 4.